The van der Waals surface area contributed by atoms with Gasteiger partial charge in [-0.1, -0.05) is 13.8 Å². The van der Waals surface area contributed by atoms with Crippen LogP contribution in [0.4, 0.5) is 0 Å². The molecule has 3 rings (SSSR count). The van der Waals surface area contributed by atoms with Crippen LogP contribution in [0.25, 0.3) is 5.76 Å². The normalized spacial score (nSPS) is 18.2. The van der Waals surface area contributed by atoms with E-state index in [9.17, 15) is 14.7 Å². The Morgan fingerprint density at radius 2 is 1.81 bits per heavy atom. The topological polar surface area (TPSA) is 83.2 Å². The Morgan fingerprint density at radius 1 is 1.13 bits per heavy atom. The molecular formula is C24H30N2O5. The number of nitrogens with zero attached hydrogens (tertiary/aromatic N) is 2. The van der Waals surface area contributed by atoms with Crippen molar-refractivity contribution in [2.24, 2.45) is 0 Å². The maximum Gasteiger partial charge on any atom is 0.295 e. The molecule has 7 nitrogen and oxygen atoms in total. The molecule has 1 fully saturated rings. The van der Waals surface area contributed by atoms with Crippen molar-refractivity contribution in [1.82, 2.24) is 9.80 Å². The van der Waals surface area contributed by atoms with Gasteiger partial charge in [0.1, 0.15) is 29.1 Å². The quantitative estimate of drug-likeness (QED) is 0.374. The monoisotopic (exact) mass is 426 g/mol. The second-order valence-electron chi connectivity index (χ2n) is 7.55. The summed E-state index contributed by atoms with van der Waals surface area (Å²) >= 11 is 0. The van der Waals surface area contributed by atoms with Gasteiger partial charge in [-0.2, -0.15) is 0 Å². The largest absolute Gasteiger partial charge is 0.507 e. The van der Waals surface area contributed by atoms with Crippen molar-refractivity contribution in [2.45, 2.75) is 33.2 Å². The number of carbonyl (C=O) groups excluding carboxylic acids is 2. The van der Waals surface area contributed by atoms with Gasteiger partial charge >= 0.3 is 0 Å². The van der Waals surface area contributed by atoms with Crippen molar-refractivity contribution in [3.05, 3.63) is 59.1 Å². The minimum absolute atomic E-state index is 0.0485. The summed E-state index contributed by atoms with van der Waals surface area (Å²) < 4.78 is 11.0. The molecule has 0 aliphatic carbocycles. The molecule has 1 amide bonds. The van der Waals surface area contributed by atoms with Crippen molar-refractivity contribution in [2.75, 3.05) is 33.3 Å². The Kier molecular flexibility index (Phi) is 7.17. The molecule has 7 heteroatoms. The summed E-state index contributed by atoms with van der Waals surface area (Å²) in [6, 6.07) is 9.50. The first-order chi connectivity index (χ1) is 14.9. The van der Waals surface area contributed by atoms with E-state index in [1.165, 1.54) is 4.90 Å². The van der Waals surface area contributed by atoms with E-state index in [-0.39, 0.29) is 11.3 Å². The summed E-state index contributed by atoms with van der Waals surface area (Å²) in [7, 11) is 1.55. The van der Waals surface area contributed by atoms with E-state index in [4.69, 9.17) is 9.15 Å². The lowest BCUT2D eigenvalue weighted by molar-refractivity contribution is -0.140. The molecule has 0 bridgehead atoms. The van der Waals surface area contributed by atoms with Gasteiger partial charge in [0.2, 0.25) is 0 Å². The number of likely N-dealkylation sites (tertiary alicyclic amines) is 1. The van der Waals surface area contributed by atoms with Crippen LogP contribution in [-0.4, -0.2) is 59.9 Å². The number of aliphatic hydroxyl groups excluding tert-OH is 1. The van der Waals surface area contributed by atoms with E-state index in [1.807, 2.05) is 0 Å². The molecule has 0 radical (unpaired) electrons. The third kappa shape index (κ3) is 4.66. The highest BCUT2D eigenvalue weighted by molar-refractivity contribution is 6.46. The summed E-state index contributed by atoms with van der Waals surface area (Å²) in [5, 5.41) is 11.0. The molecule has 0 saturated carbocycles. The zero-order valence-electron chi connectivity index (χ0n) is 18.6. The minimum atomic E-state index is -0.757. The minimum Gasteiger partial charge on any atom is -0.507 e. The Balaban J connectivity index is 1.98. The number of hydrogen-bond acceptors (Lipinski definition) is 6. The number of benzene rings is 1. The number of amides is 1. The van der Waals surface area contributed by atoms with Gasteiger partial charge in [-0.3, -0.25) is 9.59 Å². The molecule has 1 aromatic heterocycles. The van der Waals surface area contributed by atoms with Crippen molar-refractivity contribution in [1.29, 1.82) is 0 Å². The summed E-state index contributed by atoms with van der Waals surface area (Å²) in [4.78, 5) is 29.7. The summed E-state index contributed by atoms with van der Waals surface area (Å²) in [5.41, 5.74) is 0.488. The van der Waals surface area contributed by atoms with E-state index in [1.54, 1.807) is 50.4 Å². The number of ether oxygens (including phenoxy) is 1. The highest BCUT2D eigenvalue weighted by Gasteiger charge is 2.47. The number of carbonyl (C=O) groups is 2. The lowest BCUT2D eigenvalue weighted by Crippen LogP contribution is -2.33. The number of methoxy groups -OCH3 is 1. The molecule has 1 aromatic carbocycles. The average molecular weight is 427 g/mol. The predicted molar refractivity (Wildman–Crippen MR) is 118 cm³/mol. The smallest absolute Gasteiger partial charge is 0.295 e. The Bertz CT molecular complexity index is 957. The van der Waals surface area contributed by atoms with Crippen LogP contribution in [0.15, 0.2) is 46.4 Å². The molecule has 2 heterocycles. The van der Waals surface area contributed by atoms with Gasteiger partial charge in [0.15, 0.2) is 0 Å². The van der Waals surface area contributed by atoms with Crippen molar-refractivity contribution in [3.8, 4) is 5.75 Å². The summed E-state index contributed by atoms with van der Waals surface area (Å²) in [5.74, 6) is 0.240. The fraction of sp³-hybridized carbons (Fsp3) is 0.417. The number of aliphatic hydroxyl groups is 1. The van der Waals surface area contributed by atoms with Gasteiger partial charge in [0.05, 0.1) is 12.7 Å². The second-order valence-corrected chi connectivity index (χ2v) is 7.55. The molecule has 1 aliphatic heterocycles. The van der Waals surface area contributed by atoms with Gasteiger partial charge < -0.3 is 24.1 Å². The van der Waals surface area contributed by atoms with Crippen LogP contribution in [0.3, 0.4) is 0 Å². The van der Waals surface area contributed by atoms with E-state index in [0.717, 1.165) is 19.6 Å². The lowest BCUT2D eigenvalue weighted by Gasteiger charge is -2.25. The highest BCUT2D eigenvalue weighted by atomic mass is 16.5. The molecule has 1 N–H and O–H groups in total. The van der Waals surface area contributed by atoms with E-state index >= 15 is 0 Å². The maximum absolute atomic E-state index is 13.0. The van der Waals surface area contributed by atoms with Gasteiger partial charge in [0, 0.05) is 12.1 Å². The molecule has 1 saturated heterocycles. The zero-order valence-corrected chi connectivity index (χ0v) is 18.6. The summed E-state index contributed by atoms with van der Waals surface area (Å²) in [6.07, 6.45) is 0.716. The van der Waals surface area contributed by atoms with Crippen LogP contribution in [-0.2, 0) is 9.59 Å². The summed E-state index contributed by atoms with van der Waals surface area (Å²) in [6.45, 7) is 9.05. The van der Waals surface area contributed by atoms with Crippen LogP contribution in [0.1, 0.15) is 43.4 Å². The molecule has 1 atom stereocenters. The van der Waals surface area contributed by atoms with Crippen molar-refractivity contribution < 1.29 is 23.8 Å². The standard InChI is InChI=1S/C24H30N2O5/c1-5-25(6-2)14-7-15-26-21(19-13-8-16(3)31-19)20(23(28)24(26)29)22(27)17-9-11-18(30-4)12-10-17/h8-13,21,27H,5-7,14-15H2,1-4H3/b22-20-. The Hall–Kier alpha value is -3.06. The first-order valence-corrected chi connectivity index (χ1v) is 10.6. The SMILES string of the molecule is CCN(CC)CCCN1C(=O)C(=O)/C(=C(\O)c2ccc(OC)cc2)C1c1ccc(C)o1. The fourth-order valence-electron chi connectivity index (χ4n) is 3.92. The van der Waals surface area contributed by atoms with Gasteiger partial charge in [0.25, 0.3) is 11.7 Å². The number of hydrogen-bond donors (Lipinski definition) is 1. The predicted octanol–water partition coefficient (Wildman–Crippen LogP) is 3.75. The van der Waals surface area contributed by atoms with Crippen molar-refractivity contribution in [3.63, 3.8) is 0 Å². The molecule has 1 aliphatic rings. The number of ketones is 1. The number of rotatable bonds is 9. The molecule has 1 unspecified atom stereocenters. The average Bonchev–Trinajstić information content (AvgIpc) is 3.32. The van der Waals surface area contributed by atoms with Gasteiger partial charge in [-0.25, -0.2) is 0 Å². The molecule has 2 aromatic rings. The number of aryl methyl sites for hydroxylation is 1. The Morgan fingerprint density at radius 3 is 2.35 bits per heavy atom. The number of furan rings is 1. The van der Waals surface area contributed by atoms with E-state index in [2.05, 4.69) is 18.7 Å². The van der Waals surface area contributed by atoms with Gasteiger partial charge in [-0.05, 0) is 69.4 Å². The van der Waals surface area contributed by atoms with Crippen LogP contribution in [0, 0.1) is 6.92 Å². The highest BCUT2D eigenvalue weighted by Crippen LogP contribution is 2.40. The molecule has 0 spiro atoms. The van der Waals surface area contributed by atoms with E-state index in [0.29, 0.717) is 35.8 Å². The van der Waals surface area contributed by atoms with Gasteiger partial charge in [-0.15, -0.1) is 0 Å². The van der Waals surface area contributed by atoms with Crippen molar-refractivity contribution >= 4 is 17.4 Å². The fourth-order valence-corrected chi connectivity index (χ4v) is 3.92. The second kappa shape index (κ2) is 9.83. The van der Waals surface area contributed by atoms with Crippen LogP contribution in [0.2, 0.25) is 0 Å². The molecular weight excluding hydrogens is 396 g/mol. The zero-order chi connectivity index (χ0) is 22.5. The maximum atomic E-state index is 13.0. The van der Waals surface area contributed by atoms with Crippen LogP contribution in [0.5, 0.6) is 5.75 Å². The van der Waals surface area contributed by atoms with Crippen LogP contribution < -0.4 is 4.74 Å². The first-order valence-electron chi connectivity index (χ1n) is 10.6. The first kappa shape index (κ1) is 22.6. The number of Topliss-reactive ketones (excluding diaryl/α,β-unsaturated/α-hetero) is 1. The van der Waals surface area contributed by atoms with Crippen LogP contribution >= 0.6 is 0 Å². The molecule has 166 valence electrons. The molecule has 31 heavy (non-hydrogen) atoms. The third-order valence-corrected chi connectivity index (χ3v) is 5.70. The van der Waals surface area contributed by atoms with E-state index < -0.39 is 17.7 Å². The Labute approximate surface area is 182 Å². The third-order valence-electron chi connectivity index (χ3n) is 5.70. The lowest BCUT2D eigenvalue weighted by atomic mass is 9.99.